The smallest absolute Gasteiger partial charge is 0.249 e. The number of nitrogen functional groups attached to an aromatic ring is 1. The molecular formula is C26H30N6O. The minimum atomic E-state index is -0.193. The fourth-order valence-corrected chi connectivity index (χ4v) is 4.23. The van der Waals surface area contributed by atoms with Crippen molar-refractivity contribution in [2.75, 3.05) is 25.4 Å². The molecule has 2 aliphatic rings. The van der Waals surface area contributed by atoms with E-state index in [1.54, 1.807) is 6.20 Å². The third-order valence-corrected chi connectivity index (χ3v) is 6.06. The molecule has 1 atom stereocenters. The molecule has 1 aromatic carbocycles. The number of amides is 1. The first kappa shape index (κ1) is 22.4. The minimum absolute atomic E-state index is 0.0115. The van der Waals surface area contributed by atoms with Gasteiger partial charge in [-0.05, 0) is 41.3 Å². The molecule has 0 aliphatic carbocycles. The van der Waals surface area contributed by atoms with Gasteiger partial charge in [-0.25, -0.2) is 0 Å². The van der Waals surface area contributed by atoms with E-state index in [9.17, 15) is 4.79 Å². The SMILES string of the molecule is C=C/C(=C\c1ccccc1C)c1ccc(CN2CCN3C(=C)NC(=O)C3C2)cc(N)[nH]nc1. The van der Waals surface area contributed by atoms with Gasteiger partial charge in [-0.15, -0.1) is 0 Å². The number of aryl methyl sites for hydroxylation is 1. The molecule has 4 N–H and O–H groups in total. The van der Waals surface area contributed by atoms with Crippen molar-refractivity contribution in [2.24, 2.45) is 0 Å². The number of benzene rings is 1. The third kappa shape index (κ3) is 5.15. The largest absolute Gasteiger partial charge is 0.384 e. The molecular weight excluding hydrogens is 412 g/mol. The van der Waals surface area contributed by atoms with Crippen LogP contribution in [0.3, 0.4) is 0 Å². The lowest BCUT2D eigenvalue weighted by molar-refractivity contribution is -0.122. The van der Waals surface area contributed by atoms with Crippen molar-refractivity contribution in [1.82, 2.24) is 25.3 Å². The molecule has 4 rings (SSSR count). The second kappa shape index (κ2) is 9.75. The topological polar surface area (TPSA) is 90.3 Å². The summed E-state index contributed by atoms with van der Waals surface area (Å²) in [5.41, 5.74) is 11.3. The van der Waals surface area contributed by atoms with Crippen LogP contribution in [-0.2, 0) is 11.3 Å². The lowest BCUT2D eigenvalue weighted by atomic mass is 10.0. The summed E-state index contributed by atoms with van der Waals surface area (Å²) in [6.07, 6.45) is 5.68. The maximum absolute atomic E-state index is 12.2. The number of nitrogens with zero attached hydrogens (tertiary/aromatic N) is 3. The zero-order valence-electron chi connectivity index (χ0n) is 18.9. The normalized spacial score (nSPS) is 18.5. The Balaban J connectivity index is 1.62. The second-order valence-corrected chi connectivity index (χ2v) is 8.37. The fraction of sp³-hybridized carbons (Fsp3) is 0.231. The lowest BCUT2D eigenvalue weighted by Crippen LogP contribution is -2.51. The van der Waals surface area contributed by atoms with Crippen molar-refractivity contribution in [3.05, 3.63) is 96.0 Å². The van der Waals surface area contributed by atoms with Crippen molar-refractivity contribution < 1.29 is 4.79 Å². The quantitative estimate of drug-likeness (QED) is 0.619. The molecule has 7 nitrogen and oxygen atoms in total. The highest BCUT2D eigenvalue weighted by molar-refractivity contribution is 5.87. The number of nitrogens with one attached hydrogen (secondary N) is 2. The zero-order valence-corrected chi connectivity index (χ0v) is 18.9. The maximum Gasteiger partial charge on any atom is 0.249 e. The average molecular weight is 443 g/mol. The number of aromatic amines is 1. The monoisotopic (exact) mass is 442 g/mol. The van der Waals surface area contributed by atoms with Crippen LogP contribution in [0.25, 0.3) is 11.6 Å². The van der Waals surface area contributed by atoms with Crippen molar-refractivity contribution in [3.63, 3.8) is 0 Å². The van der Waals surface area contributed by atoms with E-state index in [-0.39, 0.29) is 11.9 Å². The molecule has 0 radical (unpaired) electrons. The van der Waals surface area contributed by atoms with E-state index >= 15 is 0 Å². The van der Waals surface area contributed by atoms with Crippen LogP contribution in [0, 0.1) is 6.92 Å². The molecule has 0 spiro atoms. The van der Waals surface area contributed by atoms with Gasteiger partial charge in [-0.2, -0.15) is 5.10 Å². The minimum Gasteiger partial charge on any atom is -0.384 e. The molecule has 33 heavy (non-hydrogen) atoms. The highest BCUT2D eigenvalue weighted by Crippen LogP contribution is 2.22. The van der Waals surface area contributed by atoms with Crippen LogP contribution in [0.15, 0.2) is 73.7 Å². The highest BCUT2D eigenvalue weighted by Gasteiger charge is 2.38. The number of H-pyrrole nitrogens is 1. The number of carbonyl (C=O) groups is 1. The molecule has 170 valence electrons. The first-order chi connectivity index (χ1) is 15.9. The van der Waals surface area contributed by atoms with Gasteiger partial charge in [0.05, 0.1) is 6.20 Å². The summed E-state index contributed by atoms with van der Waals surface area (Å²) in [7, 11) is 0. The van der Waals surface area contributed by atoms with E-state index in [0.717, 1.165) is 35.4 Å². The maximum atomic E-state index is 12.2. The van der Waals surface area contributed by atoms with E-state index in [0.29, 0.717) is 24.7 Å². The van der Waals surface area contributed by atoms with E-state index in [4.69, 9.17) is 5.73 Å². The van der Waals surface area contributed by atoms with E-state index in [1.165, 1.54) is 5.56 Å². The van der Waals surface area contributed by atoms with Crippen LogP contribution in [0.2, 0.25) is 0 Å². The van der Waals surface area contributed by atoms with Gasteiger partial charge in [0.25, 0.3) is 0 Å². The number of anilines is 1. The highest BCUT2D eigenvalue weighted by atomic mass is 16.2. The summed E-state index contributed by atoms with van der Waals surface area (Å²) < 4.78 is 0. The molecule has 3 heterocycles. The summed E-state index contributed by atoms with van der Waals surface area (Å²) in [6, 6.07) is 14.0. The molecule has 2 fully saturated rings. The van der Waals surface area contributed by atoms with Gasteiger partial charge in [0.1, 0.15) is 17.7 Å². The summed E-state index contributed by atoms with van der Waals surface area (Å²) in [5.74, 6) is 1.17. The van der Waals surface area contributed by atoms with E-state index in [1.807, 2.05) is 35.2 Å². The van der Waals surface area contributed by atoms with Crippen LogP contribution >= 0.6 is 0 Å². The Labute approximate surface area is 194 Å². The molecule has 1 unspecified atom stereocenters. The predicted octanol–water partition coefficient (Wildman–Crippen LogP) is 3.24. The number of hydrogen-bond acceptors (Lipinski definition) is 5. The van der Waals surface area contributed by atoms with Crippen molar-refractivity contribution in [2.45, 2.75) is 19.5 Å². The summed E-state index contributed by atoms with van der Waals surface area (Å²) in [6.45, 7) is 12.9. The number of piperazine rings is 1. The van der Waals surface area contributed by atoms with Gasteiger partial charge >= 0.3 is 0 Å². The lowest BCUT2D eigenvalue weighted by Gasteiger charge is -2.36. The molecule has 0 saturated carbocycles. The fourth-order valence-electron chi connectivity index (χ4n) is 4.23. The van der Waals surface area contributed by atoms with Crippen LogP contribution in [-0.4, -0.2) is 51.6 Å². The Bertz CT molecular complexity index is 1160. The van der Waals surface area contributed by atoms with Crippen LogP contribution in [0.5, 0.6) is 0 Å². The third-order valence-electron chi connectivity index (χ3n) is 6.06. The molecule has 2 aromatic rings. The molecule has 7 heteroatoms. The molecule has 1 amide bonds. The molecule has 2 aliphatic heterocycles. The zero-order chi connectivity index (χ0) is 23.4. The predicted molar refractivity (Wildman–Crippen MR) is 133 cm³/mol. The second-order valence-electron chi connectivity index (χ2n) is 8.37. The number of hydrogen-bond donors (Lipinski definition) is 3. The van der Waals surface area contributed by atoms with Gasteiger partial charge in [-0.3, -0.25) is 14.8 Å². The standard InChI is InChI=1S/C26H30N6O/c1-4-21(14-22-8-6-5-7-18(22)2)23-10-9-20(13-25(27)30-28-15-23)16-31-11-12-32-19(3)29-26(33)24(32)17-31/h4-10,13-15,24,30H,1,3,11-12,16-17,27H2,2H3,(H,29,33)/b20-9?,21-14+,23-10?,25-13?,28-15?. The Morgan fingerprint density at radius 2 is 2.09 bits per heavy atom. The van der Waals surface area contributed by atoms with E-state index in [2.05, 4.69) is 64.8 Å². The van der Waals surface area contributed by atoms with Crippen LogP contribution < -0.4 is 11.1 Å². The van der Waals surface area contributed by atoms with Gasteiger partial charge in [0.15, 0.2) is 0 Å². The number of nitrogens with two attached hydrogens (primary N) is 1. The molecule has 0 bridgehead atoms. The number of allylic oxidation sites excluding steroid dienone is 2. The number of aromatic nitrogens is 2. The summed E-state index contributed by atoms with van der Waals surface area (Å²) in [5, 5.41) is 10.0. The number of fused-ring (bicyclic) bond motifs is 1. The Morgan fingerprint density at radius 1 is 1.27 bits per heavy atom. The summed E-state index contributed by atoms with van der Waals surface area (Å²) in [4.78, 5) is 16.5. The first-order valence-corrected chi connectivity index (χ1v) is 11.0. The van der Waals surface area contributed by atoms with Crippen LogP contribution in [0.1, 0.15) is 22.3 Å². The van der Waals surface area contributed by atoms with Gasteiger partial charge in [0, 0.05) is 31.7 Å². The molecule has 1 aromatic heterocycles. The number of carbonyl (C=O) groups excluding carboxylic acids is 1. The Hall–Kier alpha value is -3.84. The van der Waals surface area contributed by atoms with Gasteiger partial charge < -0.3 is 16.0 Å². The number of rotatable bonds is 5. The van der Waals surface area contributed by atoms with Gasteiger partial charge in [-0.1, -0.05) is 55.6 Å². The van der Waals surface area contributed by atoms with Crippen molar-refractivity contribution in [1.29, 1.82) is 0 Å². The Morgan fingerprint density at radius 3 is 2.88 bits per heavy atom. The first-order valence-electron chi connectivity index (χ1n) is 11.0. The molecule has 2 saturated heterocycles. The van der Waals surface area contributed by atoms with Crippen molar-refractivity contribution >= 4 is 23.4 Å². The van der Waals surface area contributed by atoms with E-state index < -0.39 is 0 Å². The van der Waals surface area contributed by atoms with Crippen LogP contribution in [0.4, 0.5) is 5.82 Å². The van der Waals surface area contributed by atoms with Crippen molar-refractivity contribution in [3.8, 4) is 0 Å². The average Bonchev–Trinajstić information content (AvgIpc) is 3.12. The summed E-state index contributed by atoms with van der Waals surface area (Å²) >= 11 is 0. The van der Waals surface area contributed by atoms with Gasteiger partial charge in [0.2, 0.25) is 5.91 Å². The Kier molecular flexibility index (Phi) is 6.60.